The lowest BCUT2D eigenvalue weighted by Gasteiger charge is -2.39. The zero-order chi connectivity index (χ0) is 19.7. The zero-order valence-corrected chi connectivity index (χ0v) is 18.5. The standard InChI is InChI=1S/C19H28N4O3S.ClH/c1-5-22(10-15(24)25)14-6-8-23(9-7-14)12(3)17-20-18(26)16-11(2)13(4)27-19(16)21-17;/h12,14H,5-10H2,1-4H3,(H,24,25)(H,20,21,26);1H. The number of rotatable bonds is 6. The quantitative estimate of drug-likeness (QED) is 0.735. The number of aromatic amines is 1. The number of hydrogen-bond acceptors (Lipinski definition) is 6. The highest BCUT2D eigenvalue weighted by molar-refractivity contribution is 7.18. The first-order valence-electron chi connectivity index (χ1n) is 9.51. The number of hydrogen-bond donors (Lipinski definition) is 2. The van der Waals surface area contributed by atoms with Gasteiger partial charge < -0.3 is 10.1 Å². The Labute approximate surface area is 175 Å². The van der Waals surface area contributed by atoms with E-state index in [0.717, 1.165) is 47.7 Å². The minimum absolute atomic E-state index is 0. The normalized spacial score (nSPS) is 17.0. The Morgan fingerprint density at radius 2 is 2.04 bits per heavy atom. The zero-order valence-electron chi connectivity index (χ0n) is 16.8. The van der Waals surface area contributed by atoms with Crippen LogP contribution in [0.5, 0.6) is 0 Å². The Kier molecular flexibility index (Phi) is 7.61. The summed E-state index contributed by atoms with van der Waals surface area (Å²) < 4.78 is 0. The van der Waals surface area contributed by atoms with E-state index in [1.165, 1.54) is 0 Å². The van der Waals surface area contributed by atoms with Gasteiger partial charge in [-0.3, -0.25) is 19.4 Å². The topological polar surface area (TPSA) is 89.5 Å². The molecule has 1 unspecified atom stereocenters. The van der Waals surface area contributed by atoms with E-state index >= 15 is 0 Å². The number of nitrogens with zero attached hydrogens (tertiary/aromatic N) is 3. The molecule has 0 radical (unpaired) electrons. The van der Waals surface area contributed by atoms with Gasteiger partial charge >= 0.3 is 5.97 Å². The van der Waals surface area contributed by atoms with E-state index in [9.17, 15) is 9.59 Å². The summed E-state index contributed by atoms with van der Waals surface area (Å²) in [5.74, 6) is -0.0608. The second kappa shape index (κ2) is 9.35. The number of fused-ring (bicyclic) bond motifs is 1. The van der Waals surface area contributed by atoms with Crippen LogP contribution in [0.2, 0.25) is 0 Å². The molecule has 1 fully saturated rings. The predicted molar refractivity (Wildman–Crippen MR) is 115 cm³/mol. The molecule has 3 rings (SSSR count). The van der Waals surface area contributed by atoms with Crippen molar-refractivity contribution in [2.24, 2.45) is 0 Å². The molecule has 3 heterocycles. The molecular weight excluding hydrogens is 400 g/mol. The highest BCUT2D eigenvalue weighted by Crippen LogP contribution is 2.28. The Hall–Kier alpha value is -1.48. The number of aryl methyl sites for hydroxylation is 2. The van der Waals surface area contributed by atoms with Gasteiger partial charge in [0.15, 0.2) is 0 Å². The van der Waals surface area contributed by atoms with Crippen molar-refractivity contribution in [3.05, 3.63) is 26.6 Å². The summed E-state index contributed by atoms with van der Waals surface area (Å²) in [7, 11) is 0. The minimum atomic E-state index is -0.774. The van der Waals surface area contributed by atoms with Gasteiger partial charge in [-0.05, 0) is 45.7 Å². The first-order valence-corrected chi connectivity index (χ1v) is 10.3. The molecule has 1 atom stereocenters. The van der Waals surface area contributed by atoms with E-state index in [0.29, 0.717) is 17.3 Å². The average Bonchev–Trinajstić information content (AvgIpc) is 2.93. The van der Waals surface area contributed by atoms with Crippen LogP contribution in [0.4, 0.5) is 0 Å². The third-order valence-electron chi connectivity index (χ3n) is 5.76. The third-order valence-corrected chi connectivity index (χ3v) is 6.86. The summed E-state index contributed by atoms with van der Waals surface area (Å²) in [5, 5.41) is 9.78. The minimum Gasteiger partial charge on any atom is -0.480 e. The number of halogens is 1. The van der Waals surface area contributed by atoms with Crippen LogP contribution in [0.25, 0.3) is 10.2 Å². The maximum Gasteiger partial charge on any atom is 0.317 e. The number of H-pyrrole nitrogens is 1. The summed E-state index contributed by atoms with van der Waals surface area (Å²) in [4.78, 5) is 37.6. The number of nitrogens with one attached hydrogen (secondary N) is 1. The molecule has 1 aliphatic heterocycles. The number of likely N-dealkylation sites (tertiary alicyclic amines) is 1. The molecule has 28 heavy (non-hydrogen) atoms. The lowest BCUT2D eigenvalue weighted by atomic mass is 10.0. The van der Waals surface area contributed by atoms with Gasteiger partial charge in [0.25, 0.3) is 5.56 Å². The Morgan fingerprint density at radius 3 is 2.61 bits per heavy atom. The Bertz CT molecular complexity index is 889. The SMILES string of the molecule is CCN(CC(=O)O)C1CCN(C(C)c2nc3sc(C)c(C)c3c(=O)[nH]2)CC1.Cl. The molecule has 7 nitrogen and oxygen atoms in total. The monoisotopic (exact) mass is 428 g/mol. The maximum atomic E-state index is 12.5. The van der Waals surface area contributed by atoms with E-state index in [1.807, 2.05) is 25.7 Å². The van der Waals surface area contributed by atoms with Crippen LogP contribution in [0.15, 0.2) is 4.79 Å². The first kappa shape index (κ1) is 22.8. The summed E-state index contributed by atoms with van der Waals surface area (Å²) in [5.41, 5.74) is 0.957. The van der Waals surface area contributed by atoms with E-state index in [-0.39, 0.29) is 30.6 Å². The smallest absolute Gasteiger partial charge is 0.317 e. The summed E-state index contributed by atoms with van der Waals surface area (Å²) in [6.45, 7) is 10.6. The average molecular weight is 429 g/mol. The van der Waals surface area contributed by atoms with Gasteiger partial charge in [0.1, 0.15) is 10.7 Å². The fourth-order valence-electron chi connectivity index (χ4n) is 3.95. The van der Waals surface area contributed by atoms with Gasteiger partial charge in [-0.15, -0.1) is 23.7 Å². The number of aliphatic carboxylic acids is 1. The van der Waals surface area contributed by atoms with E-state index in [1.54, 1.807) is 11.3 Å². The number of likely N-dealkylation sites (N-methyl/N-ethyl adjacent to an activating group) is 1. The molecule has 0 spiro atoms. The van der Waals surface area contributed by atoms with Crippen molar-refractivity contribution in [3.63, 3.8) is 0 Å². The Morgan fingerprint density at radius 1 is 1.39 bits per heavy atom. The molecule has 2 aromatic heterocycles. The van der Waals surface area contributed by atoms with E-state index in [2.05, 4.69) is 16.8 Å². The Balaban J connectivity index is 0.00000280. The van der Waals surface area contributed by atoms with Crippen LogP contribution in [0.1, 0.15) is 49.0 Å². The lowest BCUT2D eigenvalue weighted by Crippen LogP contribution is -2.47. The second-order valence-electron chi connectivity index (χ2n) is 7.31. The van der Waals surface area contributed by atoms with Crippen LogP contribution in [-0.2, 0) is 4.79 Å². The number of carboxylic acid groups (broad SMARTS) is 1. The van der Waals surface area contributed by atoms with Gasteiger partial charge in [0, 0.05) is 24.0 Å². The molecule has 0 aliphatic carbocycles. The number of piperidine rings is 1. The fourth-order valence-corrected chi connectivity index (χ4v) is 4.99. The van der Waals surface area contributed by atoms with Crippen molar-refractivity contribution in [3.8, 4) is 0 Å². The van der Waals surface area contributed by atoms with Crippen LogP contribution in [-0.4, -0.2) is 63.1 Å². The van der Waals surface area contributed by atoms with Crippen molar-refractivity contribution < 1.29 is 9.90 Å². The summed E-state index contributed by atoms with van der Waals surface area (Å²) in [6.07, 6.45) is 1.85. The largest absolute Gasteiger partial charge is 0.480 e. The van der Waals surface area contributed by atoms with Gasteiger partial charge in [0.2, 0.25) is 0 Å². The molecular formula is C19H29ClN4O3S. The summed E-state index contributed by atoms with van der Waals surface area (Å²) >= 11 is 1.57. The molecule has 2 N–H and O–H groups in total. The molecule has 1 saturated heterocycles. The van der Waals surface area contributed by atoms with Crippen molar-refractivity contribution in [2.45, 2.75) is 52.6 Å². The maximum absolute atomic E-state index is 12.5. The fraction of sp³-hybridized carbons (Fsp3) is 0.632. The molecule has 9 heteroatoms. The van der Waals surface area contributed by atoms with Crippen LogP contribution < -0.4 is 5.56 Å². The van der Waals surface area contributed by atoms with Gasteiger partial charge in [-0.25, -0.2) is 4.98 Å². The second-order valence-corrected chi connectivity index (χ2v) is 8.52. The third kappa shape index (κ3) is 4.56. The number of thiophene rings is 1. The van der Waals surface area contributed by atoms with Crippen molar-refractivity contribution in [2.75, 3.05) is 26.2 Å². The van der Waals surface area contributed by atoms with Gasteiger partial charge in [-0.2, -0.15) is 0 Å². The van der Waals surface area contributed by atoms with Crippen LogP contribution in [0.3, 0.4) is 0 Å². The first-order chi connectivity index (χ1) is 12.8. The van der Waals surface area contributed by atoms with E-state index < -0.39 is 5.97 Å². The number of aromatic nitrogens is 2. The molecule has 2 aromatic rings. The van der Waals surface area contributed by atoms with E-state index in [4.69, 9.17) is 10.1 Å². The molecule has 0 amide bonds. The summed E-state index contributed by atoms with van der Waals surface area (Å²) in [6, 6.07) is 0.326. The van der Waals surface area contributed by atoms with Crippen molar-refractivity contribution in [1.82, 2.24) is 19.8 Å². The van der Waals surface area contributed by atoms with Crippen molar-refractivity contribution >= 4 is 39.9 Å². The highest BCUT2D eigenvalue weighted by atomic mass is 35.5. The van der Waals surface area contributed by atoms with Crippen LogP contribution in [0, 0.1) is 13.8 Å². The van der Waals surface area contributed by atoms with Crippen molar-refractivity contribution in [1.29, 1.82) is 0 Å². The number of carbonyl (C=O) groups is 1. The van der Waals surface area contributed by atoms with Gasteiger partial charge in [0.05, 0.1) is 18.0 Å². The predicted octanol–water partition coefficient (Wildman–Crippen LogP) is 2.96. The molecule has 1 aliphatic rings. The number of carboxylic acids is 1. The highest BCUT2D eigenvalue weighted by Gasteiger charge is 2.28. The molecule has 0 saturated carbocycles. The molecule has 0 bridgehead atoms. The molecule has 156 valence electrons. The molecule has 0 aromatic carbocycles. The lowest BCUT2D eigenvalue weighted by molar-refractivity contribution is -0.139. The van der Waals surface area contributed by atoms with Crippen LogP contribution >= 0.6 is 23.7 Å². The van der Waals surface area contributed by atoms with Gasteiger partial charge in [-0.1, -0.05) is 6.92 Å².